The molecule has 0 heterocycles. The Balaban J connectivity index is 2.37. The molecule has 0 radical (unpaired) electrons. The van der Waals surface area contributed by atoms with E-state index in [2.05, 4.69) is 19.2 Å². The van der Waals surface area contributed by atoms with Crippen molar-refractivity contribution in [1.29, 1.82) is 0 Å². The van der Waals surface area contributed by atoms with Crippen LogP contribution in [0.3, 0.4) is 0 Å². The second kappa shape index (κ2) is 8.65. The highest BCUT2D eigenvalue weighted by molar-refractivity contribution is 7.91. The highest BCUT2D eigenvalue weighted by atomic mass is 35.5. The average Bonchev–Trinajstić information content (AvgIpc) is 2.41. The van der Waals surface area contributed by atoms with Crippen molar-refractivity contribution in [1.82, 2.24) is 5.32 Å². The molecule has 0 aromatic heterocycles. The number of benzene rings is 1. The third-order valence-electron chi connectivity index (χ3n) is 3.20. The van der Waals surface area contributed by atoms with E-state index in [4.69, 9.17) is 11.6 Å². The Labute approximate surface area is 127 Å². The summed E-state index contributed by atoms with van der Waals surface area (Å²) in [5.41, 5.74) is 0. The van der Waals surface area contributed by atoms with E-state index in [1.54, 1.807) is 18.2 Å². The number of rotatable bonds is 9. The Kier molecular flexibility index (Phi) is 7.56. The summed E-state index contributed by atoms with van der Waals surface area (Å²) in [6.45, 7) is 5.29. The number of hydrogen-bond donors (Lipinski definition) is 1. The lowest BCUT2D eigenvalue weighted by Crippen LogP contribution is -2.26. The molecule has 3 nitrogen and oxygen atoms in total. The zero-order valence-electron chi connectivity index (χ0n) is 12.2. The fourth-order valence-electron chi connectivity index (χ4n) is 2.01. The van der Waals surface area contributed by atoms with E-state index >= 15 is 0 Å². The number of halogens is 1. The van der Waals surface area contributed by atoms with Gasteiger partial charge in [-0.15, -0.1) is 0 Å². The molecule has 0 saturated carbocycles. The van der Waals surface area contributed by atoms with E-state index in [0.717, 1.165) is 25.8 Å². The molecule has 0 fully saturated rings. The van der Waals surface area contributed by atoms with Crippen molar-refractivity contribution in [2.75, 3.05) is 12.3 Å². The van der Waals surface area contributed by atoms with Crippen molar-refractivity contribution in [3.63, 3.8) is 0 Å². The van der Waals surface area contributed by atoms with Gasteiger partial charge in [-0.2, -0.15) is 0 Å². The van der Waals surface area contributed by atoms with Crippen LogP contribution < -0.4 is 5.32 Å². The predicted molar refractivity (Wildman–Crippen MR) is 85.1 cm³/mol. The molecular formula is C15H24ClNO2S. The van der Waals surface area contributed by atoms with Crippen molar-refractivity contribution < 1.29 is 8.42 Å². The highest BCUT2D eigenvalue weighted by Gasteiger charge is 2.14. The van der Waals surface area contributed by atoms with Crippen LogP contribution in [0.25, 0.3) is 0 Å². The van der Waals surface area contributed by atoms with Gasteiger partial charge in [-0.25, -0.2) is 8.42 Å². The Hall–Kier alpha value is -0.580. The van der Waals surface area contributed by atoms with E-state index in [9.17, 15) is 8.42 Å². The topological polar surface area (TPSA) is 46.2 Å². The van der Waals surface area contributed by atoms with Crippen molar-refractivity contribution >= 4 is 21.4 Å². The molecule has 0 amide bonds. The Morgan fingerprint density at radius 3 is 2.70 bits per heavy atom. The average molecular weight is 318 g/mol. The SMILES string of the molecule is CCCNC(C)CCCCS(=O)(=O)c1cccc(Cl)c1. The summed E-state index contributed by atoms with van der Waals surface area (Å²) < 4.78 is 24.3. The van der Waals surface area contributed by atoms with Gasteiger partial charge in [0.15, 0.2) is 9.84 Å². The lowest BCUT2D eigenvalue weighted by Gasteiger charge is -2.12. The molecule has 1 atom stereocenters. The maximum Gasteiger partial charge on any atom is 0.178 e. The molecule has 0 aliphatic rings. The Morgan fingerprint density at radius 1 is 1.30 bits per heavy atom. The van der Waals surface area contributed by atoms with Crippen LogP contribution in [0.2, 0.25) is 5.02 Å². The first-order chi connectivity index (χ1) is 9.45. The fraction of sp³-hybridized carbons (Fsp3) is 0.600. The number of unbranched alkanes of at least 4 members (excludes halogenated alkanes) is 1. The second-order valence-electron chi connectivity index (χ2n) is 5.13. The molecule has 20 heavy (non-hydrogen) atoms. The summed E-state index contributed by atoms with van der Waals surface area (Å²) in [6.07, 6.45) is 3.73. The summed E-state index contributed by atoms with van der Waals surface area (Å²) in [5.74, 6) is 0.188. The molecule has 0 aliphatic heterocycles. The van der Waals surface area contributed by atoms with Crippen LogP contribution in [0.4, 0.5) is 0 Å². The van der Waals surface area contributed by atoms with Crippen LogP contribution in [-0.2, 0) is 9.84 Å². The lowest BCUT2D eigenvalue weighted by atomic mass is 10.1. The van der Waals surface area contributed by atoms with Crippen LogP contribution in [0.5, 0.6) is 0 Å². The summed E-state index contributed by atoms with van der Waals surface area (Å²) in [6, 6.07) is 6.92. The van der Waals surface area contributed by atoms with E-state index in [-0.39, 0.29) is 5.75 Å². The summed E-state index contributed by atoms with van der Waals surface area (Å²) >= 11 is 5.83. The third-order valence-corrected chi connectivity index (χ3v) is 5.23. The molecule has 0 bridgehead atoms. The molecule has 1 rings (SSSR count). The molecule has 1 aromatic rings. The van der Waals surface area contributed by atoms with Gasteiger partial charge in [0.1, 0.15) is 0 Å². The van der Waals surface area contributed by atoms with Gasteiger partial charge in [-0.3, -0.25) is 0 Å². The number of hydrogen-bond acceptors (Lipinski definition) is 3. The molecule has 0 spiro atoms. The predicted octanol–water partition coefficient (Wildman–Crippen LogP) is 3.67. The van der Waals surface area contributed by atoms with E-state index in [1.165, 1.54) is 6.07 Å². The third kappa shape index (κ3) is 6.25. The Bertz CT molecular complexity index is 502. The second-order valence-corrected chi connectivity index (χ2v) is 7.67. The maximum atomic E-state index is 12.1. The van der Waals surface area contributed by atoms with E-state index < -0.39 is 9.84 Å². The van der Waals surface area contributed by atoms with Gasteiger partial charge in [0.2, 0.25) is 0 Å². The molecule has 114 valence electrons. The Morgan fingerprint density at radius 2 is 2.05 bits per heavy atom. The summed E-state index contributed by atoms with van der Waals surface area (Å²) in [4.78, 5) is 0.321. The van der Waals surface area contributed by atoms with Gasteiger partial charge >= 0.3 is 0 Å². The monoisotopic (exact) mass is 317 g/mol. The van der Waals surface area contributed by atoms with Gasteiger partial charge in [0.25, 0.3) is 0 Å². The van der Waals surface area contributed by atoms with Gasteiger partial charge in [-0.1, -0.05) is 31.0 Å². The molecule has 1 N–H and O–H groups in total. The zero-order chi connectivity index (χ0) is 15.0. The van der Waals surface area contributed by atoms with Crippen molar-refractivity contribution in [2.24, 2.45) is 0 Å². The molecule has 1 aromatic carbocycles. The molecule has 0 saturated heterocycles. The van der Waals surface area contributed by atoms with E-state index in [0.29, 0.717) is 22.4 Å². The van der Waals surface area contributed by atoms with E-state index in [1.807, 2.05) is 0 Å². The van der Waals surface area contributed by atoms with Gasteiger partial charge in [0, 0.05) is 11.1 Å². The van der Waals surface area contributed by atoms with Crippen molar-refractivity contribution in [3.8, 4) is 0 Å². The van der Waals surface area contributed by atoms with Crippen LogP contribution in [0.15, 0.2) is 29.2 Å². The number of nitrogens with one attached hydrogen (secondary N) is 1. The minimum absolute atomic E-state index is 0.188. The minimum atomic E-state index is -3.20. The van der Waals surface area contributed by atoms with Crippen LogP contribution >= 0.6 is 11.6 Å². The van der Waals surface area contributed by atoms with Gasteiger partial charge in [-0.05, 0) is 50.9 Å². The molecular weight excluding hydrogens is 294 g/mol. The quantitative estimate of drug-likeness (QED) is 0.707. The summed E-state index contributed by atoms with van der Waals surface area (Å²) in [5, 5.41) is 3.86. The van der Waals surface area contributed by atoms with Crippen molar-refractivity contribution in [2.45, 2.75) is 50.5 Å². The highest BCUT2D eigenvalue weighted by Crippen LogP contribution is 2.18. The van der Waals surface area contributed by atoms with Gasteiger partial charge < -0.3 is 5.32 Å². The van der Waals surface area contributed by atoms with Crippen molar-refractivity contribution in [3.05, 3.63) is 29.3 Å². The summed E-state index contributed by atoms with van der Waals surface area (Å²) in [7, 11) is -3.20. The first-order valence-corrected chi connectivity index (χ1v) is 9.20. The molecule has 0 aliphatic carbocycles. The molecule has 5 heteroatoms. The standard InChI is InChI=1S/C15H24ClNO2S/c1-3-10-17-13(2)7-4-5-11-20(18,19)15-9-6-8-14(16)12-15/h6,8-9,12-13,17H,3-5,7,10-11H2,1-2H3. The minimum Gasteiger partial charge on any atom is -0.314 e. The largest absolute Gasteiger partial charge is 0.314 e. The first-order valence-electron chi connectivity index (χ1n) is 7.17. The zero-order valence-corrected chi connectivity index (χ0v) is 13.8. The normalized spacial score (nSPS) is 13.3. The van der Waals surface area contributed by atoms with Crippen LogP contribution in [-0.4, -0.2) is 26.8 Å². The van der Waals surface area contributed by atoms with Gasteiger partial charge in [0.05, 0.1) is 10.6 Å². The first kappa shape index (κ1) is 17.5. The number of sulfone groups is 1. The maximum absolute atomic E-state index is 12.1. The lowest BCUT2D eigenvalue weighted by molar-refractivity contribution is 0.494. The van der Waals surface area contributed by atoms with Crippen LogP contribution in [0, 0.1) is 0 Å². The smallest absolute Gasteiger partial charge is 0.178 e. The van der Waals surface area contributed by atoms with Crippen LogP contribution in [0.1, 0.15) is 39.5 Å². The molecule has 1 unspecified atom stereocenters. The fourth-order valence-corrected chi connectivity index (χ4v) is 3.68.